The van der Waals surface area contributed by atoms with Gasteiger partial charge in [0.15, 0.2) is 0 Å². The molecule has 0 bridgehead atoms. The summed E-state index contributed by atoms with van der Waals surface area (Å²) >= 11 is 12.3. The number of halogens is 2. The van der Waals surface area contributed by atoms with Gasteiger partial charge in [-0.3, -0.25) is 13.9 Å². The molecule has 3 aromatic carbocycles. The molecule has 0 spiro atoms. The van der Waals surface area contributed by atoms with Crippen molar-refractivity contribution in [3.05, 3.63) is 94.0 Å². The van der Waals surface area contributed by atoms with Gasteiger partial charge in [0.2, 0.25) is 21.8 Å². The van der Waals surface area contributed by atoms with Crippen LogP contribution >= 0.6 is 23.2 Å². The maximum Gasteiger partial charge on any atom is 0.244 e. The van der Waals surface area contributed by atoms with Crippen LogP contribution in [0.25, 0.3) is 0 Å². The van der Waals surface area contributed by atoms with Gasteiger partial charge in [-0.05, 0) is 59.9 Å². The molecular formula is C31H37Cl2N3O5S. The van der Waals surface area contributed by atoms with E-state index in [2.05, 4.69) is 5.32 Å². The first-order valence-electron chi connectivity index (χ1n) is 13.6. The van der Waals surface area contributed by atoms with E-state index >= 15 is 0 Å². The van der Waals surface area contributed by atoms with Crippen LogP contribution in [-0.4, -0.2) is 50.5 Å². The number of anilines is 1. The second-order valence-corrected chi connectivity index (χ2v) is 13.1. The molecule has 8 nitrogen and oxygen atoms in total. The van der Waals surface area contributed by atoms with Crippen molar-refractivity contribution in [1.29, 1.82) is 0 Å². The van der Waals surface area contributed by atoms with Crippen LogP contribution in [-0.2, 0) is 32.8 Å². The molecule has 42 heavy (non-hydrogen) atoms. The smallest absolute Gasteiger partial charge is 0.244 e. The number of carbonyl (C=O) groups excluding carboxylic acids is 2. The molecule has 0 aromatic heterocycles. The van der Waals surface area contributed by atoms with Crippen LogP contribution in [0.3, 0.4) is 0 Å². The van der Waals surface area contributed by atoms with Crippen molar-refractivity contribution >= 4 is 50.7 Å². The Balaban J connectivity index is 1.86. The van der Waals surface area contributed by atoms with Gasteiger partial charge in [0, 0.05) is 13.1 Å². The molecule has 1 N–H and O–H groups in total. The molecule has 0 aliphatic rings. The Morgan fingerprint density at radius 1 is 0.929 bits per heavy atom. The average Bonchev–Trinajstić information content (AvgIpc) is 2.95. The highest BCUT2D eigenvalue weighted by molar-refractivity contribution is 7.92. The summed E-state index contributed by atoms with van der Waals surface area (Å²) in [6, 6.07) is 20.3. The van der Waals surface area contributed by atoms with Crippen LogP contribution < -0.4 is 14.4 Å². The minimum Gasteiger partial charge on any atom is -0.489 e. The van der Waals surface area contributed by atoms with E-state index in [1.807, 2.05) is 44.2 Å². The number of hydrogen-bond acceptors (Lipinski definition) is 5. The van der Waals surface area contributed by atoms with Crippen LogP contribution in [0.1, 0.15) is 38.3 Å². The lowest BCUT2D eigenvalue weighted by molar-refractivity contribution is -0.140. The normalized spacial score (nSPS) is 12.1. The van der Waals surface area contributed by atoms with Crippen LogP contribution in [0.2, 0.25) is 10.0 Å². The summed E-state index contributed by atoms with van der Waals surface area (Å²) in [5.41, 5.74) is 1.94. The summed E-state index contributed by atoms with van der Waals surface area (Å²) in [5, 5.41) is 3.57. The van der Waals surface area contributed by atoms with Crippen LogP contribution in [0.5, 0.6) is 5.75 Å². The fourth-order valence-electron chi connectivity index (χ4n) is 4.24. The fraction of sp³-hybridized carbons (Fsp3) is 0.355. The summed E-state index contributed by atoms with van der Waals surface area (Å²) in [4.78, 5) is 28.4. The Labute approximate surface area is 258 Å². The predicted octanol–water partition coefficient (Wildman–Crippen LogP) is 5.92. The van der Waals surface area contributed by atoms with E-state index in [0.29, 0.717) is 46.6 Å². The molecule has 0 radical (unpaired) electrons. The first-order valence-corrected chi connectivity index (χ1v) is 16.2. The highest BCUT2D eigenvalue weighted by Gasteiger charge is 2.32. The zero-order valence-corrected chi connectivity index (χ0v) is 26.5. The topological polar surface area (TPSA) is 96.0 Å². The molecule has 11 heteroatoms. The molecule has 226 valence electrons. The summed E-state index contributed by atoms with van der Waals surface area (Å²) in [5.74, 6) is -0.0876. The number of ether oxygens (including phenoxy) is 1. The van der Waals surface area contributed by atoms with Gasteiger partial charge in [0.1, 0.15) is 24.9 Å². The number of amides is 2. The molecule has 0 heterocycles. The van der Waals surface area contributed by atoms with E-state index < -0.39 is 28.5 Å². The SMILES string of the molecule is CCC(C(=O)NCC(C)C)N(Cc1ccc(Cl)c(Cl)c1)C(=O)CN(c1ccc(OCc2ccccc2)cc1)S(C)(=O)=O. The van der Waals surface area contributed by atoms with E-state index in [4.69, 9.17) is 27.9 Å². The van der Waals surface area contributed by atoms with Crippen LogP contribution in [0.15, 0.2) is 72.8 Å². The monoisotopic (exact) mass is 633 g/mol. The maximum atomic E-state index is 13.9. The van der Waals surface area contributed by atoms with E-state index in [-0.39, 0.29) is 18.4 Å². The van der Waals surface area contributed by atoms with Crippen LogP contribution in [0, 0.1) is 5.92 Å². The maximum absolute atomic E-state index is 13.9. The van der Waals surface area contributed by atoms with Gasteiger partial charge in [-0.2, -0.15) is 0 Å². The predicted molar refractivity (Wildman–Crippen MR) is 168 cm³/mol. The van der Waals surface area contributed by atoms with Gasteiger partial charge >= 0.3 is 0 Å². The number of sulfonamides is 1. The van der Waals surface area contributed by atoms with Crippen molar-refractivity contribution in [2.45, 2.75) is 46.4 Å². The third-order valence-electron chi connectivity index (χ3n) is 6.46. The van der Waals surface area contributed by atoms with Crippen molar-refractivity contribution in [2.24, 2.45) is 5.92 Å². The first kappa shape index (κ1) is 33.2. The highest BCUT2D eigenvalue weighted by Crippen LogP contribution is 2.26. The van der Waals surface area contributed by atoms with Crippen LogP contribution in [0.4, 0.5) is 5.69 Å². The van der Waals surface area contributed by atoms with Gasteiger partial charge in [-0.1, -0.05) is 80.4 Å². The molecule has 1 atom stereocenters. The summed E-state index contributed by atoms with van der Waals surface area (Å²) < 4.78 is 32.6. The molecule has 0 saturated carbocycles. The van der Waals surface area contributed by atoms with E-state index in [1.54, 1.807) is 49.4 Å². The number of nitrogens with one attached hydrogen (secondary N) is 1. The fourth-order valence-corrected chi connectivity index (χ4v) is 5.41. The molecular weight excluding hydrogens is 597 g/mol. The largest absolute Gasteiger partial charge is 0.489 e. The van der Waals surface area contributed by atoms with Gasteiger partial charge in [-0.15, -0.1) is 0 Å². The molecule has 3 rings (SSSR count). The van der Waals surface area contributed by atoms with Crippen molar-refractivity contribution in [1.82, 2.24) is 10.2 Å². The van der Waals surface area contributed by atoms with E-state index in [1.165, 1.54) is 4.90 Å². The lowest BCUT2D eigenvalue weighted by Gasteiger charge is -2.33. The molecule has 0 aliphatic carbocycles. The third-order valence-corrected chi connectivity index (χ3v) is 8.34. The van der Waals surface area contributed by atoms with Crippen molar-refractivity contribution < 1.29 is 22.7 Å². The Morgan fingerprint density at radius 3 is 2.17 bits per heavy atom. The molecule has 0 fully saturated rings. The Morgan fingerprint density at radius 2 is 1.60 bits per heavy atom. The minimum atomic E-state index is -3.87. The average molecular weight is 635 g/mol. The van der Waals surface area contributed by atoms with E-state index in [9.17, 15) is 18.0 Å². The van der Waals surface area contributed by atoms with Gasteiger partial charge in [0.05, 0.1) is 22.0 Å². The van der Waals surface area contributed by atoms with Gasteiger partial charge in [0.25, 0.3) is 0 Å². The molecule has 2 amide bonds. The number of nitrogens with zero attached hydrogens (tertiary/aromatic N) is 2. The molecule has 1 unspecified atom stereocenters. The summed E-state index contributed by atoms with van der Waals surface area (Å²) in [7, 11) is -3.87. The number of benzene rings is 3. The first-order chi connectivity index (χ1) is 19.9. The second kappa shape index (κ2) is 15.3. The summed E-state index contributed by atoms with van der Waals surface area (Å²) in [6.07, 6.45) is 1.36. The Hall–Kier alpha value is -3.27. The number of carbonyl (C=O) groups is 2. The van der Waals surface area contributed by atoms with Crippen molar-refractivity contribution in [3.8, 4) is 5.75 Å². The second-order valence-electron chi connectivity index (χ2n) is 10.4. The molecule has 3 aromatic rings. The highest BCUT2D eigenvalue weighted by atomic mass is 35.5. The standard InChI is InChI=1S/C31H37Cl2N3O5S/c1-5-29(31(38)34-18-22(2)3)35(19-24-11-16-27(32)28(33)17-24)30(37)20-36(42(4,39)40)25-12-14-26(15-13-25)41-21-23-9-7-6-8-10-23/h6-17,22,29H,5,18-21H2,1-4H3,(H,34,38). The Kier molecular flexibility index (Phi) is 12.1. The minimum absolute atomic E-state index is 0.0349. The number of rotatable bonds is 14. The Bertz CT molecular complexity index is 1450. The lowest BCUT2D eigenvalue weighted by Crippen LogP contribution is -2.52. The van der Waals surface area contributed by atoms with Crippen molar-refractivity contribution in [3.63, 3.8) is 0 Å². The van der Waals surface area contributed by atoms with Gasteiger partial charge < -0.3 is 15.0 Å². The molecule has 0 saturated heterocycles. The third kappa shape index (κ3) is 9.64. The lowest BCUT2D eigenvalue weighted by atomic mass is 10.1. The molecule has 0 aliphatic heterocycles. The van der Waals surface area contributed by atoms with E-state index in [0.717, 1.165) is 16.1 Å². The zero-order valence-electron chi connectivity index (χ0n) is 24.2. The summed E-state index contributed by atoms with van der Waals surface area (Å²) in [6.45, 7) is 6.08. The number of hydrogen-bond donors (Lipinski definition) is 1. The van der Waals surface area contributed by atoms with Crippen molar-refractivity contribution in [2.75, 3.05) is 23.7 Å². The quantitative estimate of drug-likeness (QED) is 0.238. The van der Waals surface area contributed by atoms with Gasteiger partial charge in [-0.25, -0.2) is 8.42 Å². The zero-order chi connectivity index (χ0) is 30.9.